The first-order valence-electron chi connectivity index (χ1n) is 12.5. The maximum atomic E-state index is 12.4. The summed E-state index contributed by atoms with van der Waals surface area (Å²) in [7, 11) is 0. The van der Waals surface area contributed by atoms with Crippen molar-refractivity contribution in [1.29, 1.82) is 0 Å². The van der Waals surface area contributed by atoms with Gasteiger partial charge in [-0.3, -0.25) is 4.79 Å². The smallest absolute Gasteiger partial charge is 0.171 e. The largest absolute Gasteiger partial charge is 0.549 e. The molecule has 1 rings (SSSR count). The van der Waals surface area contributed by atoms with Gasteiger partial charge in [0.2, 0.25) is 0 Å². The van der Waals surface area contributed by atoms with E-state index in [0.717, 1.165) is 19.3 Å². The molecule has 0 aliphatic heterocycles. The van der Waals surface area contributed by atoms with Crippen LogP contribution < -0.4 is 5.11 Å². The van der Waals surface area contributed by atoms with Gasteiger partial charge in [0.1, 0.15) is 0 Å². The fraction of sp³-hybridized carbons (Fsp3) is 0.704. The summed E-state index contributed by atoms with van der Waals surface area (Å²) < 4.78 is 0. The van der Waals surface area contributed by atoms with Crippen LogP contribution in [0.3, 0.4) is 0 Å². The lowest BCUT2D eigenvalue weighted by Crippen LogP contribution is -2.36. The number of ketones is 1. The molecule has 0 radical (unpaired) electrons. The summed E-state index contributed by atoms with van der Waals surface area (Å²) in [4.78, 5) is 23.7. The zero-order valence-corrected chi connectivity index (χ0v) is 19.2. The molecule has 1 atom stereocenters. The van der Waals surface area contributed by atoms with E-state index in [4.69, 9.17) is 0 Å². The zero-order chi connectivity index (χ0) is 21.9. The van der Waals surface area contributed by atoms with Crippen LogP contribution in [0.5, 0.6) is 0 Å². The molecule has 0 fully saturated rings. The summed E-state index contributed by atoms with van der Waals surface area (Å²) >= 11 is 0. The minimum atomic E-state index is -1.25. The van der Waals surface area contributed by atoms with Gasteiger partial charge >= 0.3 is 0 Å². The number of carboxylic acid groups (broad SMARTS) is 1. The molecule has 0 N–H and O–H groups in total. The van der Waals surface area contributed by atoms with Crippen molar-refractivity contribution in [2.45, 2.75) is 116 Å². The topological polar surface area (TPSA) is 57.2 Å². The molecule has 1 aromatic rings. The molecule has 170 valence electrons. The Balaban J connectivity index is 1.96. The van der Waals surface area contributed by atoms with E-state index in [1.54, 1.807) is 24.3 Å². The van der Waals surface area contributed by atoms with Crippen LogP contribution in [0, 0.1) is 5.92 Å². The fourth-order valence-electron chi connectivity index (χ4n) is 4.06. The van der Waals surface area contributed by atoms with Crippen molar-refractivity contribution in [3.63, 3.8) is 0 Å². The van der Waals surface area contributed by atoms with Crippen LogP contribution in [0.25, 0.3) is 0 Å². The third-order valence-corrected chi connectivity index (χ3v) is 6.01. The van der Waals surface area contributed by atoms with E-state index in [2.05, 4.69) is 6.92 Å². The second kappa shape index (κ2) is 18.2. The number of carboxylic acids is 1. The van der Waals surface area contributed by atoms with Crippen LogP contribution in [0.1, 0.15) is 126 Å². The van der Waals surface area contributed by atoms with Crippen LogP contribution in [0.4, 0.5) is 0 Å². The molecule has 0 saturated carbocycles. The molecule has 0 aliphatic carbocycles. The number of rotatable bonds is 20. The standard InChI is InChI=1S/C27H44O3/c1-2-3-4-5-6-7-8-9-10-11-12-13-14-15-16-20-23-25(27(29)30)26(28)24-21-18-17-19-22-24/h17-19,21-22,25H,2-16,20,23H2,1H3,(H,29,30)/p-1. The first kappa shape index (κ1) is 26.4. The van der Waals surface area contributed by atoms with Gasteiger partial charge in [0.25, 0.3) is 0 Å². The summed E-state index contributed by atoms with van der Waals surface area (Å²) in [6.07, 6.45) is 20.9. The quantitative estimate of drug-likeness (QED) is 0.132. The van der Waals surface area contributed by atoms with Crippen LogP contribution in [-0.4, -0.2) is 11.8 Å². The molecular formula is C27H43O3-. The van der Waals surface area contributed by atoms with Gasteiger partial charge in [0.05, 0.1) is 11.9 Å². The van der Waals surface area contributed by atoms with Gasteiger partial charge in [-0.2, -0.15) is 0 Å². The predicted octanol–water partition coefficient (Wildman–Crippen LogP) is 6.89. The molecule has 0 saturated heterocycles. The second-order valence-electron chi connectivity index (χ2n) is 8.69. The second-order valence-corrected chi connectivity index (χ2v) is 8.69. The Hall–Kier alpha value is -1.64. The highest BCUT2D eigenvalue weighted by Gasteiger charge is 2.20. The number of benzene rings is 1. The molecule has 0 aliphatic rings. The molecule has 0 amide bonds. The zero-order valence-electron chi connectivity index (χ0n) is 19.2. The van der Waals surface area contributed by atoms with Crippen LogP contribution in [0.15, 0.2) is 30.3 Å². The number of hydrogen-bond donors (Lipinski definition) is 0. The van der Waals surface area contributed by atoms with Gasteiger partial charge in [-0.1, -0.05) is 140 Å². The lowest BCUT2D eigenvalue weighted by atomic mass is 9.92. The highest BCUT2D eigenvalue weighted by molar-refractivity contribution is 6.07. The van der Waals surface area contributed by atoms with E-state index in [1.807, 2.05) is 6.07 Å². The SMILES string of the molecule is CCCCCCCCCCCCCCCCCCC(C(=O)[O-])C(=O)c1ccccc1. The van der Waals surface area contributed by atoms with Gasteiger partial charge in [-0.25, -0.2) is 0 Å². The molecule has 3 nitrogen and oxygen atoms in total. The number of carbonyl (C=O) groups excluding carboxylic acids is 2. The molecule has 0 aromatic heterocycles. The number of aliphatic carboxylic acids is 1. The Morgan fingerprint density at radius 3 is 1.47 bits per heavy atom. The Morgan fingerprint density at radius 2 is 1.07 bits per heavy atom. The highest BCUT2D eigenvalue weighted by atomic mass is 16.4. The van der Waals surface area contributed by atoms with Crippen molar-refractivity contribution in [2.75, 3.05) is 0 Å². The number of hydrogen-bond acceptors (Lipinski definition) is 3. The Morgan fingerprint density at radius 1 is 0.667 bits per heavy atom. The Bertz CT molecular complexity index is 552. The van der Waals surface area contributed by atoms with Gasteiger partial charge in [-0.15, -0.1) is 0 Å². The van der Waals surface area contributed by atoms with Crippen molar-refractivity contribution in [3.8, 4) is 0 Å². The third-order valence-electron chi connectivity index (χ3n) is 6.01. The van der Waals surface area contributed by atoms with Gasteiger partial charge in [-0.05, 0) is 6.42 Å². The highest BCUT2D eigenvalue weighted by Crippen LogP contribution is 2.18. The lowest BCUT2D eigenvalue weighted by molar-refractivity contribution is -0.309. The maximum Gasteiger partial charge on any atom is 0.171 e. The van der Waals surface area contributed by atoms with E-state index < -0.39 is 11.9 Å². The van der Waals surface area contributed by atoms with Crippen molar-refractivity contribution in [2.24, 2.45) is 5.92 Å². The van der Waals surface area contributed by atoms with E-state index >= 15 is 0 Å². The first-order valence-corrected chi connectivity index (χ1v) is 12.5. The van der Waals surface area contributed by atoms with Crippen LogP contribution in [-0.2, 0) is 4.79 Å². The van der Waals surface area contributed by atoms with Gasteiger partial charge < -0.3 is 9.90 Å². The molecule has 1 aromatic carbocycles. The fourth-order valence-corrected chi connectivity index (χ4v) is 4.06. The van der Waals surface area contributed by atoms with Gasteiger partial charge in [0, 0.05) is 5.56 Å². The number of unbranched alkanes of at least 4 members (excludes halogenated alkanes) is 15. The Labute approximate surface area is 184 Å². The van der Waals surface area contributed by atoms with E-state index in [0.29, 0.717) is 12.0 Å². The molecule has 0 spiro atoms. The van der Waals surface area contributed by atoms with Crippen molar-refractivity contribution in [3.05, 3.63) is 35.9 Å². The van der Waals surface area contributed by atoms with Crippen molar-refractivity contribution < 1.29 is 14.7 Å². The van der Waals surface area contributed by atoms with E-state index in [1.165, 1.54) is 83.5 Å². The monoisotopic (exact) mass is 415 g/mol. The predicted molar refractivity (Wildman–Crippen MR) is 123 cm³/mol. The summed E-state index contributed by atoms with van der Waals surface area (Å²) in [5.41, 5.74) is 0.461. The summed E-state index contributed by atoms with van der Waals surface area (Å²) in [6, 6.07) is 8.68. The van der Waals surface area contributed by atoms with Gasteiger partial charge in [0.15, 0.2) is 5.78 Å². The average molecular weight is 416 g/mol. The minimum Gasteiger partial charge on any atom is -0.549 e. The maximum absolute atomic E-state index is 12.4. The number of Topliss-reactive ketones (excluding diaryl/α,β-unsaturated/α-hetero) is 1. The summed E-state index contributed by atoms with van der Waals surface area (Å²) in [6.45, 7) is 2.27. The third kappa shape index (κ3) is 12.8. The van der Waals surface area contributed by atoms with Crippen molar-refractivity contribution >= 4 is 11.8 Å². The van der Waals surface area contributed by atoms with E-state index in [9.17, 15) is 14.7 Å². The average Bonchev–Trinajstić information content (AvgIpc) is 2.76. The van der Waals surface area contributed by atoms with Crippen LogP contribution in [0.2, 0.25) is 0 Å². The molecule has 0 bridgehead atoms. The summed E-state index contributed by atoms with van der Waals surface area (Å²) in [5.74, 6) is -2.58. The van der Waals surface area contributed by atoms with Crippen LogP contribution >= 0.6 is 0 Å². The summed E-state index contributed by atoms with van der Waals surface area (Å²) in [5, 5.41) is 11.4. The lowest BCUT2D eigenvalue weighted by Gasteiger charge is -2.16. The molecule has 0 heterocycles. The van der Waals surface area contributed by atoms with E-state index in [-0.39, 0.29) is 5.78 Å². The minimum absolute atomic E-state index is 0.323. The number of carbonyl (C=O) groups is 2. The molecular weight excluding hydrogens is 372 g/mol. The van der Waals surface area contributed by atoms with Crippen molar-refractivity contribution in [1.82, 2.24) is 0 Å². The molecule has 1 unspecified atom stereocenters. The normalized spacial score (nSPS) is 12.0. The first-order chi connectivity index (χ1) is 14.7. The molecule has 3 heteroatoms. The molecule has 30 heavy (non-hydrogen) atoms. The Kier molecular flexibility index (Phi) is 16.0.